The summed E-state index contributed by atoms with van der Waals surface area (Å²) in [6, 6.07) is 3.17. The van der Waals surface area contributed by atoms with E-state index in [0.29, 0.717) is 10.1 Å². The largest absolute Gasteiger partial charge is 0.319 e. The first-order valence-electron chi connectivity index (χ1n) is 6.48. The zero-order valence-electron chi connectivity index (χ0n) is 11.6. The van der Waals surface area contributed by atoms with Gasteiger partial charge in [0.1, 0.15) is 12.0 Å². The van der Waals surface area contributed by atoms with Gasteiger partial charge >= 0.3 is 12.2 Å². The summed E-state index contributed by atoms with van der Waals surface area (Å²) in [5.74, 6) is 0.0543. The first-order chi connectivity index (χ1) is 11.1. The lowest BCUT2D eigenvalue weighted by molar-refractivity contribution is -0.384. The van der Waals surface area contributed by atoms with Crippen LogP contribution in [0.2, 0.25) is 0 Å². The van der Waals surface area contributed by atoms with Crippen LogP contribution in [0.25, 0.3) is 11.3 Å². The van der Waals surface area contributed by atoms with Gasteiger partial charge in [-0.15, -0.1) is 0 Å². The Morgan fingerprint density at radius 1 is 1.26 bits per heavy atom. The van der Waals surface area contributed by atoms with E-state index in [1.54, 1.807) is 12.1 Å². The quantitative estimate of drug-likeness (QED) is 0.532. The van der Waals surface area contributed by atoms with Gasteiger partial charge in [0, 0.05) is 30.4 Å². The van der Waals surface area contributed by atoms with Gasteiger partial charge in [-0.3, -0.25) is 24.3 Å². The van der Waals surface area contributed by atoms with E-state index in [1.807, 2.05) is 0 Å². The number of halogens is 2. The number of alkyl halides is 2. The predicted molar refractivity (Wildman–Crippen MR) is 74.7 cm³/mol. The summed E-state index contributed by atoms with van der Waals surface area (Å²) >= 11 is 0. The molecule has 0 saturated carbocycles. The Morgan fingerprint density at radius 3 is 2.65 bits per heavy atom. The van der Waals surface area contributed by atoms with Crippen molar-refractivity contribution >= 4 is 5.69 Å². The fourth-order valence-electron chi connectivity index (χ4n) is 2.13. The molecule has 23 heavy (non-hydrogen) atoms. The van der Waals surface area contributed by atoms with Crippen LogP contribution in [-0.4, -0.2) is 29.2 Å². The molecule has 0 amide bonds. The van der Waals surface area contributed by atoms with Crippen molar-refractivity contribution < 1.29 is 13.7 Å². The van der Waals surface area contributed by atoms with Crippen molar-refractivity contribution in [3.63, 3.8) is 0 Å². The van der Waals surface area contributed by atoms with Crippen molar-refractivity contribution in [2.24, 2.45) is 0 Å². The molecule has 118 valence electrons. The van der Waals surface area contributed by atoms with E-state index >= 15 is 0 Å². The third kappa shape index (κ3) is 2.91. The number of aromatic nitrogens is 5. The number of pyridine rings is 1. The molecule has 3 aromatic heterocycles. The van der Waals surface area contributed by atoms with E-state index in [9.17, 15) is 18.9 Å². The van der Waals surface area contributed by atoms with Crippen molar-refractivity contribution in [2.45, 2.75) is 13.1 Å². The van der Waals surface area contributed by atoms with Crippen LogP contribution in [-0.2, 0) is 6.54 Å². The number of nitrogens with zero attached hydrogens (tertiary/aromatic N) is 6. The fourth-order valence-corrected chi connectivity index (χ4v) is 2.13. The second-order valence-corrected chi connectivity index (χ2v) is 4.58. The Morgan fingerprint density at radius 2 is 2.00 bits per heavy atom. The van der Waals surface area contributed by atoms with Crippen LogP contribution in [0, 0.1) is 10.1 Å². The Kier molecular flexibility index (Phi) is 3.79. The second kappa shape index (κ2) is 5.91. The maximum absolute atomic E-state index is 12.8. The summed E-state index contributed by atoms with van der Waals surface area (Å²) in [5.41, 5.74) is 0.446. The molecule has 10 heteroatoms. The number of nitro groups is 1. The first-order valence-corrected chi connectivity index (χ1v) is 6.48. The van der Waals surface area contributed by atoms with Crippen molar-refractivity contribution in [1.29, 1.82) is 0 Å². The minimum Gasteiger partial charge on any atom is -0.276 e. The molecule has 0 saturated heterocycles. The van der Waals surface area contributed by atoms with Crippen LogP contribution >= 0.6 is 0 Å². The Balaban J connectivity index is 1.98. The van der Waals surface area contributed by atoms with Gasteiger partial charge in [-0.25, -0.2) is 4.98 Å². The molecular weight excluding hydrogens is 310 g/mol. The summed E-state index contributed by atoms with van der Waals surface area (Å²) < 4.78 is 27.5. The normalized spacial score (nSPS) is 11.1. The van der Waals surface area contributed by atoms with Crippen molar-refractivity contribution in [3.8, 4) is 11.3 Å². The molecular formula is C13H10F2N6O2. The SMILES string of the molecule is O=[N+]([O-])c1cn(Cc2nccn2C(F)F)nc1-c1ccncc1. The van der Waals surface area contributed by atoms with Crippen LogP contribution in [0.1, 0.15) is 12.4 Å². The van der Waals surface area contributed by atoms with Gasteiger partial charge in [-0.2, -0.15) is 13.9 Å². The van der Waals surface area contributed by atoms with E-state index in [0.717, 1.165) is 6.20 Å². The molecule has 3 heterocycles. The lowest BCUT2D eigenvalue weighted by atomic mass is 10.2. The molecule has 0 aliphatic heterocycles. The predicted octanol–water partition coefficient (Wildman–Crippen LogP) is 2.49. The van der Waals surface area contributed by atoms with E-state index < -0.39 is 11.5 Å². The van der Waals surface area contributed by atoms with Crippen LogP contribution in [0.3, 0.4) is 0 Å². The van der Waals surface area contributed by atoms with E-state index in [2.05, 4.69) is 15.1 Å². The Bertz CT molecular complexity index is 830. The van der Waals surface area contributed by atoms with Gasteiger partial charge in [0.15, 0.2) is 5.69 Å². The van der Waals surface area contributed by atoms with Gasteiger partial charge in [0.05, 0.1) is 11.5 Å². The molecule has 0 aliphatic rings. The number of hydrogen-bond donors (Lipinski definition) is 0. The average molecular weight is 320 g/mol. The number of imidazole rings is 1. The maximum atomic E-state index is 12.8. The monoisotopic (exact) mass is 320 g/mol. The summed E-state index contributed by atoms with van der Waals surface area (Å²) in [4.78, 5) is 18.3. The van der Waals surface area contributed by atoms with Crippen LogP contribution < -0.4 is 0 Å². The zero-order chi connectivity index (χ0) is 16.4. The van der Waals surface area contributed by atoms with Gasteiger partial charge < -0.3 is 0 Å². The van der Waals surface area contributed by atoms with Crippen molar-refractivity contribution in [1.82, 2.24) is 24.3 Å². The highest BCUT2D eigenvalue weighted by atomic mass is 19.3. The minimum atomic E-state index is -2.74. The molecule has 0 aromatic carbocycles. The Hall–Kier alpha value is -3.17. The molecule has 0 spiro atoms. The van der Waals surface area contributed by atoms with Crippen LogP contribution in [0.4, 0.5) is 14.5 Å². The average Bonchev–Trinajstić information content (AvgIpc) is 3.15. The number of hydrogen-bond acceptors (Lipinski definition) is 5. The molecule has 0 bridgehead atoms. The third-order valence-electron chi connectivity index (χ3n) is 3.16. The standard InChI is InChI=1S/C13H10F2N6O2/c14-13(15)20-6-5-17-11(20)8-19-7-10(21(22)23)12(18-19)9-1-3-16-4-2-9/h1-7,13H,8H2. The second-order valence-electron chi connectivity index (χ2n) is 4.58. The summed E-state index contributed by atoms with van der Waals surface area (Å²) in [7, 11) is 0. The molecule has 0 atom stereocenters. The molecule has 8 nitrogen and oxygen atoms in total. The summed E-state index contributed by atoms with van der Waals surface area (Å²) in [5, 5.41) is 15.3. The lowest BCUT2D eigenvalue weighted by Crippen LogP contribution is -2.09. The fraction of sp³-hybridized carbons (Fsp3) is 0.154. The van der Waals surface area contributed by atoms with E-state index in [1.165, 1.54) is 29.5 Å². The smallest absolute Gasteiger partial charge is 0.276 e. The maximum Gasteiger partial charge on any atom is 0.319 e. The molecule has 0 fully saturated rings. The van der Waals surface area contributed by atoms with Gasteiger partial charge in [0.2, 0.25) is 0 Å². The van der Waals surface area contributed by atoms with Gasteiger partial charge in [0.25, 0.3) is 0 Å². The molecule has 0 radical (unpaired) electrons. The topological polar surface area (TPSA) is 91.7 Å². The van der Waals surface area contributed by atoms with Crippen molar-refractivity contribution in [3.05, 3.63) is 59.1 Å². The van der Waals surface area contributed by atoms with E-state index in [-0.39, 0.29) is 23.8 Å². The lowest BCUT2D eigenvalue weighted by Gasteiger charge is -2.05. The summed E-state index contributed by atoms with van der Waals surface area (Å²) in [6.45, 7) is -2.85. The van der Waals surface area contributed by atoms with Crippen LogP contribution in [0.15, 0.2) is 43.1 Å². The molecule has 3 aromatic rings. The summed E-state index contributed by atoms with van der Waals surface area (Å²) in [6.07, 6.45) is 6.55. The molecule has 0 N–H and O–H groups in total. The minimum absolute atomic E-state index is 0.0543. The zero-order valence-corrected chi connectivity index (χ0v) is 11.6. The highest BCUT2D eigenvalue weighted by Crippen LogP contribution is 2.28. The molecule has 3 rings (SSSR count). The number of rotatable bonds is 5. The third-order valence-corrected chi connectivity index (χ3v) is 3.16. The van der Waals surface area contributed by atoms with Gasteiger partial charge in [-0.05, 0) is 12.1 Å². The highest BCUT2D eigenvalue weighted by molar-refractivity contribution is 5.68. The molecule has 0 aliphatic carbocycles. The van der Waals surface area contributed by atoms with E-state index in [4.69, 9.17) is 0 Å². The highest BCUT2D eigenvalue weighted by Gasteiger charge is 2.22. The van der Waals surface area contributed by atoms with Crippen LogP contribution in [0.5, 0.6) is 0 Å². The first kappa shape index (κ1) is 14.8. The van der Waals surface area contributed by atoms with Crippen molar-refractivity contribution in [2.75, 3.05) is 0 Å². The molecule has 0 unspecified atom stereocenters. The van der Waals surface area contributed by atoms with Gasteiger partial charge in [-0.1, -0.05) is 0 Å². The Labute approximate surface area is 128 Å².